The van der Waals surface area contributed by atoms with Gasteiger partial charge in [-0.15, -0.1) is 0 Å². The Morgan fingerprint density at radius 2 is 2.15 bits per heavy atom. The van der Waals surface area contributed by atoms with Gasteiger partial charge in [0.2, 0.25) is 0 Å². The summed E-state index contributed by atoms with van der Waals surface area (Å²) in [5.41, 5.74) is 2.91. The number of hydrogen-bond acceptors (Lipinski definition) is 2. The van der Waals surface area contributed by atoms with Gasteiger partial charge in [0, 0.05) is 6.04 Å². The molecule has 1 aromatic rings. The zero-order valence-corrected chi connectivity index (χ0v) is 12.8. The van der Waals surface area contributed by atoms with Crippen molar-refractivity contribution in [3.05, 3.63) is 35.4 Å². The SMILES string of the molecule is CNC(CC1OCCc2ccccc21)C1CCC(C)C1. The maximum atomic E-state index is 6.08. The van der Waals surface area contributed by atoms with Gasteiger partial charge in [-0.25, -0.2) is 0 Å². The third kappa shape index (κ3) is 2.91. The molecule has 2 nitrogen and oxygen atoms in total. The van der Waals surface area contributed by atoms with Gasteiger partial charge in [0.25, 0.3) is 0 Å². The van der Waals surface area contributed by atoms with Gasteiger partial charge < -0.3 is 10.1 Å². The molecule has 0 radical (unpaired) electrons. The Bertz CT molecular complexity index is 445. The van der Waals surface area contributed by atoms with E-state index >= 15 is 0 Å². The third-order valence-electron chi connectivity index (χ3n) is 5.24. The largest absolute Gasteiger partial charge is 0.373 e. The van der Waals surface area contributed by atoms with Crippen LogP contribution < -0.4 is 5.32 Å². The van der Waals surface area contributed by atoms with E-state index in [4.69, 9.17) is 4.74 Å². The van der Waals surface area contributed by atoms with E-state index in [1.54, 1.807) is 0 Å². The summed E-state index contributed by atoms with van der Waals surface area (Å²) < 4.78 is 6.08. The minimum Gasteiger partial charge on any atom is -0.373 e. The van der Waals surface area contributed by atoms with E-state index in [2.05, 4.69) is 43.6 Å². The van der Waals surface area contributed by atoms with Crippen LogP contribution in [0.15, 0.2) is 24.3 Å². The summed E-state index contributed by atoms with van der Waals surface area (Å²) in [5.74, 6) is 1.73. The Morgan fingerprint density at radius 1 is 1.30 bits per heavy atom. The molecule has 20 heavy (non-hydrogen) atoms. The lowest BCUT2D eigenvalue weighted by molar-refractivity contribution is 0.0252. The molecule has 1 fully saturated rings. The van der Waals surface area contributed by atoms with Crippen LogP contribution in [0.3, 0.4) is 0 Å². The first-order valence-electron chi connectivity index (χ1n) is 8.14. The summed E-state index contributed by atoms with van der Waals surface area (Å²) in [5, 5.41) is 3.56. The first-order chi connectivity index (χ1) is 9.78. The minimum absolute atomic E-state index is 0.285. The monoisotopic (exact) mass is 273 g/mol. The van der Waals surface area contributed by atoms with E-state index in [1.165, 1.54) is 30.4 Å². The molecule has 110 valence electrons. The predicted molar refractivity (Wildman–Crippen MR) is 82.8 cm³/mol. The number of rotatable bonds is 4. The topological polar surface area (TPSA) is 21.3 Å². The van der Waals surface area contributed by atoms with Crippen molar-refractivity contribution in [3.63, 3.8) is 0 Å². The molecular formula is C18H27NO. The Balaban J connectivity index is 1.70. The Labute approximate surface area is 122 Å². The molecule has 0 aromatic heterocycles. The molecule has 4 unspecified atom stereocenters. The van der Waals surface area contributed by atoms with Gasteiger partial charge in [0.1, 0.15) is 0 Å². The zero-order chi connectivity index (χ0) is 13.9. The maximum Gasteiger partial charge on any atom is 0.0842 e. The molecule has 1 aliphatic heterocycles. The van der Waals surface area contributed by atoms with Crippen LogP contribution in [0.2, 0.25) is 0 Å². The van der Waals surface area contributed by atoms with Crippen LogP contribution in [0.1, 0.15) is 49.8 Å². The lowest BCUT2D eigenvalue weighted by Gasteiger charge is -2.31. The van der Waals surface area contributed by atoms with Gasteiger partial charge in [-0.05, 0) is 55.7 Å². The smallest absolute Gasteiger partial charge is 0.0842 e. The fraction of sp³-hybridized carbons (Fsp3) is 0.667. The standard InChI is InChI=1S/C18H27NO/c1-13-7-8-15(11-13)17(19-2)12-18-16-6-4-3-5-14(16)9-10-20-18/h3-6,13,15,17-19H,7-12H2,1-2H3. The lowest BCUT2D eigenvalue weighted by Crippen LogP contribution is -2.35. The van der Waals surface area contributed by atoms with E-state index in [9.17, 15) is 0 Å². The fourth-order valence-electron chi connectivity index (χ4n) is 4.07. The molecule has 1 N–H and O–H groups in total. The van der Waals surface area contributed by atoms with Crippen molar-refractivity contribution < 1.29 is 4.74 Å². The Morgan fingerprint density at radius 3 is 2.90 bits per heavy atom. The minimum atomic E-state index is 0.285. The molecule has 4 atom stereocenters. The molecule has 0 spiro atoms. The van der Waals surface area contributed by atoms with Crippen molar-refractivity contribution >= 4 is 0 Å². The maximum absolute atomic E-state index is 6.08. The normalized spacial score (nSPS) is 31.0. The van der Waals surface area contributed by atoms with Gasteiger partial charge in [-0.2, -0.15) is 0 Å². The highest BCUT2D eigenvalue weighted by atomic mass is 16.5. The molecule has 1 aliphatic carbocycles. The van der Waals surface area contributed by atoms with Crippen molar-refractivity contribution in [2.24, 2.45) is 11.8 Å². The van der Waals surface area contributed by atoms with E-state index in [1.807, 2.05) is 0 Å². The third-order valence-corrected chi connectivity index (χ3v) is 5.24. The van der Waals surface area contributed by atoms with Crippen molar-refractivity contribution in [1.82, 2.24) is 5.32 Å². The molecule has 2 aliphatic rings. The highest BCUT2D eigenvalue weighted by Gasteiger charge is 2.31. The van der Waals surface area contributed by atoms with E-state index in [-0.39, 0.29) is 6.10 Å². The summed E-state index contributed by atoms with van der Waals surface area (Å²) in [6.07, 6.45) is 6.61. The van der Waals surface area contributed by atoms with Crippen molar-refractivity contribution in [2.45, 2.75) is 51.2 Å². The average molecular weight is 273 g/mol. The highest BCUT2D eigenvalue weighted by Crippen LogP contribution is 2.37. The van der Waals surface area contributed by atoms with Crippen LogP contribution in [0, 0.1) is 11.8 Å². The summed E-state index contributed by atoms with van der Waals surface area (Å²) in [6, 6.07) is 9.40. The van der Waals surface area contributed by atoms with Crippen LogP contribution in [-0.2, 0) is 11.2 Å². The molecule has 0 bridgehead atoms. The molecule has 0 saturated heterocycles. The summed E-state index contributed by atoms with van der Waals surface area (Å²) in [7, 11) is 2.11. The number of hydrogen-bond donors (Lipinski definition) is 1. The lowest BCUT2D eigenvalue weighted by atomic mass is 9.88. The average Bonchev–Trinajstić information content (AvgIpc) is 2.91. The molecular weight excluding hydrogens is 246 g/mol. The summed E-state index contributed by atoms with van der Waals surface area (Å²) in [6.45, 7) is 3.26. The van der Waals surface area contributed by atoms with E-state index < -0.39 is 0 Å². The number of benzene rings is 1. The van der Waals surface area contributed by atoms with Crippen LogP contribution in [0.5, 0.6) is 0 Å². The highest BCUT2D eigenvalue weighted by molar-refractivity contribution is 5.31. The van der Waals surface area contributed by atoms with Gasteiger partial charge in [-0.3, -0.25) is 0 Å². The Kier molecular flexibility index (Phi) is 4.42. The van der Waals surface area contributed by atoms with Crippen molar-refractivity contribution in [3.8, 4) is 0 Å². The fourth-order valence-corrected chi connectivity index (χ4v) is 4.07. The molecule has 2 heteroatoms. The van der Waals surface area contributed by atoms with E-state index in [0.717, 1.165) is 31.3 Å². The molecule has 0 amide bonds. The second-order valence-electron chi connectivity index (χ2n) is 6.62. The number of fused-ring (bicyclic) bond motifs is 1. The molecule has 3 rings (SSSR count). The van der Waals surface area contributed by atoms with E-state index in [0.29, 0.717) is 6.04 Å². The first-order valence-corrected chi connectivity index (χ1v) is 8.14. The Hall–Kier alpha value is -0.860. The second-order valence-corrected chi connectivity index (χ2v) is 6.62. The quantitative estimate of drug-likeness (QED) is 0.903. The first kappa shape index (κ1) is 14.1. The van der Waals surface area contributed by atoms with Crippen molar-refractivity contribution in [2.75, 3.05) is 13.7 Å². The van der Waals surface area contributed by atoms with Gasteiger partial charge >= 0.3 is 0 Å². The van der Waals surface area contributed by atoms with Gasteiger partial charge in [-0.1, -0.05) is 37.6 Å². The number of ether oxygens (including phenoxy) is 1. The van der Waals surface area contributed by atoms with Crippen molar-refractivity contribution in [1.29, 1.82) is 0 Å². The molecule has 1 saturated carbocycles. The molecule has 1 aromatic carbocycles. The van der Waals surface area contributed by atoms with Gasteiger partial charge in [0.15, 0.2) is 0 Å². The number of nitrogens with one attached hydrogen (secondary N) is 1. The predicted octanol–water partition coefficient (Wildman–Crippen LogP) is 3.71. The zero-order valence-electron chi connectivity index (χ0n) is 12.8. The summed E-state index contributed by atoms with van der Waals surface area (Å²) >= 11 is 0. The second kappa shape index (κ2) is 6.28. The van der Waals surface area contributed by atoms with Crippen LogP contribution in [0.4, 0.5) is 0 Å². The summed E-state index contributed by atoms with van der Waals surface area (Å²) in [4.78, 5) is 0. The van der Waals surface area contributed by atoms with Crippen LogP contribution in [-0.4, -0.2) is 19.7 Å². The van der Waals surface area contributed by atoms with Crippen LogP contribution in [0.25, 0.3) is 0 Å². The van der Waals surface area contributed by atoms with Crippen LogP contribution >= 0.6 is 0 Å². The van der Waals surface area contributed by atoms with Gasteiger partial charge in [0.05, 0.1) is 12.7 Å². The molecule has 1 heterocycles.